The van der Waals surface area contributed by atoms with Crippen LogP contribution in [-0.2, 0) is 6.54 Å². The van der Waals surface area contributed by atoms with Gasteiger partial charge in [-0.1, -0.05) is 12.1 Å². The number of fused-ring (bicyclic) bond motifs is 1. The Bertz CT molecular complexity index is 946. The number of pyridine rings is 1. The molecule has 0 bridgehead atoms. The summed E-state index contributed by atoms with van der Waals surface area (Å²) in [6, 6.07) is 14.8. The van der Waals surface area contributed by atoms with Crippen LogP contribution in [0.4, 0.5) is 4.79 Å². The van der Waals surface area contributed by atoms with Crippen molar-refractivity contribution in [2.75, 3.05) is 27.4 Å². The Hall–Kier alpha value is -3.48. The SMILES string of the molecule is COc1ccc(CNC(=O)NCCOc2ccc3ncccc3c2)cc1OC. The first kappa shape index (κ1) is 19.3. The first-order valence-electron chi connectivity index (χ1n) is 8.90. The molecule has 0 saturated heterocycles. The molecule has 146 valence electrons. The second-order valence-electron chi connectivity index (χ2n) is 6.01. The Balaban J connectivity index is 1.40. The van der Waals surface area contributed by atoms with Crippen LogP contribution in [0.1, 0.15) is 5.56 Å². The summed E-state index contributed by atoms with van der Waals surface area (Å²) >= 11 is 0. The average Bonchev–Trinajstić information content (AvgIpc) is 2.74. The van der Waals surface area contributed by atoms with Gasteiger partial charge in [0.25, 0.3) is 0 Å². The Kier molecular flexibility index (Phi) is 6.51. The van der Waals surface area contributed by atoms with Gasteiger partial charge in [0.1, 0.15) is 12.4 Å². The van der Waals surface area contributed by atoms with E-state index in [0.717, 1.165) is 22.2 Å². The summed E-state index contributed by atoms with van der Waals surface area (Å²) in [5, 5.41) is 6.58. The van der Waals surface area contributed by atoms with E-state index in [4.69, 9.17) is 14.2 Å². The van der Waals surface area contributed by atoms with Crippen LogP contribution in [-0.4, -0.2) is 38.4 Å². The van der Waals surface area contributed by atoms with Gasteiger partial charge in [-0.05, 0) is 42.0 Å². The normalized spacial score (nSPS) is 10.4. The van der Waals surface area contributed by atoms with Gasteiger partial charge >= 0.3 is 6.03 Å². The lowest BCUT2D eigenvalue weighted by molar-refractivity contribution is 0.236. The molecule has 7 heteroatoms. The molecule has 3 rings (SSSR count). The maximum absolute atomic E-state index is 11.9. The number of rotatable bonds is 8. The van der Waals surface area contributed by atoms with Crippen molar-refractivity contribution in [2.45, 2.75) is 6.54 Å². The second kappa shape index (κ2) is 9.45. The van der Waals surface area contributed by atoms with E-state index in [-0.39, 0.29) is 6.03 Å². The molecule has 0 aliphatic rings. The lowest BCUT2D eigenvalue weighted by atomic mass is 10.2. The van der Waals surface area contributed by atoms with Crippen LogP contribution in [0.25, 0.3) is 10.9 Å². The summed E-state index contributed by atoms with van der Waals surface area (Å²) in [5.41, 5.74) is 1.83. The fraction of sp³-hybridized carbons (Fsp3) is 0.238. The lowest BCUT2D eigenvalue weighted by Gasteiger charge is -2.11. The maximum atomic E-state index is 11.9. The summed E-state index contributed by atoms with van der Waals surface area (Å²) in [6.07, 6.45) is 1.76. The summed E-state index contributed by atoms with van der Waals surface area (Å²) in [6.45, 7) is 1.14. The van der Waals surface area contributed by atoms with Crippen LogP contribution in [0.15, 0.2) is 54.7 Å². The van der Waals surface area contributed by atoms with E-state index in [1.165, 1.54) is 0 Å². The topological polar surface area (TPSA) is 81.7 Å². The number of nitrogens with one attached hydrogen (secondary N) is 2. The van der Waals surface area contributed by atoms with Crippen LogP contribution in [0.3, 0.4) is 0 Å². The third kappa shape index (κ3) is 5.03. The summed E-state index contributed by atoms with van der Waals surface area (Å²) < 4.78 is 16.1. The van der Waals surface area contributed by atoms with Gasteiger partial charge < -0.3 is 24.8 Å². The van der Waals surface area contributed by atoms with E-state index >= 15 is 0 Å². The average molecular weight is 381 g/mol. The van der Waals surface area contributed by atoms with E-state index < -0.39 is 0 Å². The standard InChI is InChI=1S/C21H23N3O4/c1-26-19-8-5-15(12-20(19)27-2)14-24-21(25)23-10-11-28-17-6-7-18-16(13-17)4-3-9-22-18/h3-9,12-13H,10-11,14H2,1-2H3,(H2,23,24,25). The number of nitrogens with zero attached hydrogens (tertiary/aromatic N) is 1. The molecule has 0 unspecified atom stereocenters. The van der Waals surface area contributed by atoms with Gasteiger partial charge in [-0.3, -0.25) is 4.98 Å². The summed E-state index contributed by atoms with van der Waals surface area (Å²) in [7, 11) is 3.16. The van der Waals surface area contributed by atoms with Crippen molar-refractivity contribution in [1.82, 2.24) is 15.6 Å². The molecular formula is C21H23N3O4. The number of benzene rings is 2. The fourth-order valence-electron chi connectivity index (χ4n) is 2.71. The molecule has 0 spiro atoms. The summed E-state index contributed by atoms with van der Waals surface area (Å²) in [4.78, 5) is 16.2. The van der Waals surface area contributed by atoms with Gasteiger partial charge in [-0.2, -0.15) is 0 Å². The van der Waals surface area contributed by atoms with Gasteiger partial charge in [-0.15, -0.1) is 0 Å². The summed E-state index contributed by atoms with van der Waals surface area (Å²) in [5.74, 6) is 2.02. The lowest BCUT2D eigenvalue weighted by Crippen LogP contribution is -2.37. The molecule has 0 aliphatic carbocycles. The molecule has 2 aromatic carbocycles. The van der Waals surface area contributed by atoms with Crippen LogP contribution in [0, 0.1) is 0 Å². The molecule has 0 aliphatic heterocycles. The van der Waals surface area contributed by atoms with Gasteiger partial charge in [0, 0.05) is 18.1 Å². The fourth-order valence-corrected chi connectivity index (χ4v) is 2.71. The molecule has 0 radical (unpaired) electrons. The third-order valence-electron chi connectivity index (χ3n) is 4.13. The molecule has 7 nitrogen and oxygen atoms in total. The maximum Gasteiger partial charge on any atom is 0.315 e. The number of carbonyl (C=O) groups is 1. The van der Waals surface area contributed by atoms with Gasteiger partial charge in [0.05, 0.1) is 26.3 Å². The smallest absolute Gasteiger partial charge is 0.315 e. The second-order valence-corrected chi connectivity index (χ2v) is 6.01. The van der Waals surface area contributed by atoms with Crippen molar-refractivity contribution in [2.24, 2.45) is 0 Å². The van der Waals surface area contributed by atoms with Crippen molar-refractivity contribution in [1.29, 1.82) is 0 Å². The number of carbonyl (C=O) groups excluding carboxylic acids is 1. The first-order valence-corrected chi connectivity index (χ1v) is 8.90. The molecule has 0 saturated carbocycles. The number of urea groups is 1. The Morgan fingerprint density at radius 1 is 1.00 bits per heavy atom. The van der Waals surface area contributed by atoms with Crippen molar-refractivity contribution < 1.29 is 19.0 Å². The monoisotopic (exact) mass is 381 g/mol. The predicted molar refractivity (Wildman–Crippen MR) is 107 cm³/mol. The quantitative estimate of drug-likeness (QED) is 0.586. The van der Waals surface area contributed by atoms with Gasteiger partial charge in [-0.25, -0.2) is 4.79 Å². The van der Waals surface area contributed by atoms with Crippen molar-refractivity contribution in [3.63, 3.8) is 0 Å². The largest absolute Gasteiger partial charge is 0.493 e. The molecule has 1 heterocycles. The molecule has 1 aromatic heterocycles. The van der Waals surface area contributed by atoms with E-state index in [2.05, 4.69) is 15.6 Å². The number of amides is 2. The third-order valence-corrected chi connectivity index (χ3v) is 4.13. The highest BCUT2D eigenvalue weighted by Gasteiger charge is 2.06. The van der Waals surface area contributed by atoms with E-state index in [0.29, 0.717) is 31.2 Å². The molecule has 0 fully saturated rings. The van der Waals surface area contributed by atoms with Crippen LogP contribution in [0.5, 0.6) is 17.2 Å². The minimum Gasteiger partial charge on any atom is -0.493 e. The number of ether oxygens (including phenoxy) is 3. The molecule has 3 aromatic rings. The number of methoxy groups -OCH3 is 2. The molecule has 2 amide bonds. The van der Waals surface area contributed by atoms with Gasteiger partial charge in [0.2, 0.25) is 0 Å². The Morgan fingerprint density at radius 2 is 1.86 bits per heavy atom. The van der Waals surface area contributed by atoms with E-state index in [9.17, 15) is 4.79 Å². The minimum absolute atomic E-state index is 0.263. The highest BCUT2D eigenvalue weighted by atomic mass is 16.5. The van der Waals surface area contributed by atoms with Gasteiger partial charge in [0.15, 0.2) is 11.5 Å². The number of hydrogen-bond donors (Lipinski definition) is 2. The highest BCUT2D eigenvalue weighted by molar-refractivity contribution is 5.79. The zero-order valence-electron chi connectivity index (χ0n) is 15.9. The Morgan fingerprint density at radius 3 is 2.68 bits per heavy atom. The predicted octanol–water partition coefficient (Wildman–Crippen LogP) is 3.13. The zero-order valence-corrected chi connectivity index (χ0v) is 15.9. The van der Waals surface area contributed by atoms with Crippen molar-refractivity contribution in [3.05, 3.63) is 60.3 Å². The van der Waals surface area contributed by atoms with Crippen LogP contribution < -0.4 is 24.8 Å². The number of aromatic nitrogens is 1. The zero-order chi connectivity index (χ0) is 19.8. The molecular weight excluding hydrogens is 358 g/mol. The van der Waals surface area contributed by atoms with Crippen molar-refractivity contribution >= 4 is 16.9 Å². The number of hydrogen-bond acceptors (Lipinski definition) is 5. The van der Waals surface area contributed by atoms with Crippen LogP contribution in [0.2, 0.25) is 0 Å². The van der Waals surface area contributed by atoms with Crippen LogP contribution >= 0.6 is 0 Å². The molecule has 0 atom stereocenters. The molecule has 2 N–H and O–H groups in total. The minimum atomic E-state index is -0.263. The van der Waals surface area contributed by atoms with E-state index in [1.807, 2.05) is 42.5 Å². The first-order chi connectivity index (χ1) is 13.7. The molecule has 28 heavy (non-hydrogen) atoms. The van der Waals surface area contributed by atoms with E-state index in [1.54, 1.807) is 26.5 Å². The van der Waals surface area contributed by atoms with Crippen molar-refractivity contribution in [3.8, 4) is 17.2 Å². The highest BCUT2D eigenvalue weighted by Crippen LogP contribution is 2.27. The Labute approximate surface area is 163 Å².